The highest BCUT2D eigenvalue weighted by molar-refractivity contribution is 5.84. The van der Waals surface area contributed by atoms with Gasteiger partial charge in [0, 0.05) is 18.0 Å². The lowest BCUT2D eigenvalue weighted by Gasteiger charge is -2.32. The van der Waals surface area contributed by atoms with E-state index in [0.717, 1.165) is 32.1 Å². The molecule has 1 fully saturated rings. The highest BCUT2D eigenvalue weighted by atomic mass is 16.1. The van der Waals surface area contributed by atoms with Gasteiger partial charge in [-0.05, 0) is 42.5 Å². The Kier molecular flexibility index (Phi) is 5.84. The van der Waals surface area contributed by atoms with Crippen molar-refractivity contribution in [2.45, 2.75) is 58.4 Å². The summed E-state index contributed by atoms with van der Waals surface area (Å²) in [6.45, 7) is 7.60. The maximum Gasteiger partial charge on any atom is 0.237 e. The molecular weight excluding hydrogens is 254 g/mol. The Labute approximate surface area is 121 Å². The van der Waals surface area contributed by atoms with Crippen molar-refractivity contribution in [2.24, 2.45) is 22.2 Å². The number of primary amides is 1. The summed E-state index contributed by atoms with van der Waals surface area (Å²) in [5.41, 5.74) is 13.5. The number of nitrogens with two attached hydrogens (primary N) is 1. The number of carbonyl (C=O) groups is 1. The molecule has 0 radical (unpaired) electrons. The van der Waals surface area contributed by atoms with E-state index in [1.807, 2.05) is 0 Å². The van der Waals surface area contributed by atoms with Gasteiger partial charge in [0.1, 0.15) is 0 Å². The standard InChI is InChI=1S/C14H27N5O/c1-13(2,3)11-5-4-7-14(8-6-11,12(15)20)17-9-10-18-19-16/h11,17H,4-10H2,1-3H3,(H2,15,20). The van der Waals surface area contributed by atoms with E-state index in [4.69, 9.17) is 11.3 Å². The molecule has 0 bridgehead atoms. The van der Waals surface area contributed by atoms with Gasteiger partial charge in [0.25, 0.3) is 0 Å². The van der Waals surface area contributed by atoms with E-state index in [1.54, 1.807) is 0 Å². The van der Waals surface area contributed by atoms with Crippen LogP contribution in [0, 0.1) is 11.3 Å². The Morgan fingerprint density at radius 2 is 2.15 bits per heavy atom. The smallest absolute Gasteiger partial charge is 0.237 e. The molecule has 1 aliphatic rings. The molecule has 1 rings (SSSR count). The van der Waals surface area contributed by atoms with Gasteiger partial charge in [-0.2, -0.15) is 0 Å². The van der Waals surface area contributed by atoms with Crippen LogP contribution in [-0.4, -0.2) is 24.5 Å². The molecule has 1 saturated carbocycles. The van der Waals surface area contributed by atoms with Crippen LogP contribution in [-0.2, 0) is 4.79 Å². The molecule has 0 aliphatic heterocycles. The lowest BCUT2D eigenvalue weighted by molar-refractivity contribution is -0.125. The molecule has 114 valence electrons. The van der Waals surface area contributed by atoms with Gasteiger partial charge >= 0.3 is 0 Å². The molecule has 0 heterocycles. The molecule has 2 atom stereocenters. The third-order valence-electron chi connectivity index (χ3n) is 4.51. The highest BCUT2D eigenvalue weighted by Gasteiger charge is 2.39. The minimum atomic E-state index is -0.634. The summed E-state index contributed by atoms with van der Waals surface area (Å²) in [7, 11) is 0. The third-order valence-corrected chi connectivity index (χ3v) is 4.51. The Morgan fingerprint density at radius 1 is 1.45 bits per heavy atom. The molecule has 3 N–H and O–H groups in total. The van der Waals surface area contributed by atoms with Gasteiger partial charge in [0.2, 0.25) is 5.91 Å². The summed E-state index contributed by atoms with van der Waals surface area (Å²) in [5, 5.41) is 6.73. The van der Waals surface area contributed by atoms with Gasteiger partial charge < -0.3 is 11.1 Å². The van der Waals surface area contributed by atoms with Crippen LogP contribution < -0.4 is 11.1 Å². The topological polar surface area (TPSA) is 104 Å². The summed E-state index contributed by atoms with van der Waals surface area (Å²) < 4.78 is 0. The second-order valence-corrected chi connectivity index (χ2v) is 6.82. The largest absolute Gasteiger partial charge is 0.368 e. The SMILES string of the molecule is CC(C)(C)C1CCCC(NCCN=[N+]=[N-])(C(N)=O)CC1. The second kappa shape index (κ2) is 6.95. The lowest BCUT2D eigenvalue weighted by Crippen LogP contribution is -2.55. The van der Waals surface area contributed by atoms with Crippen LogP contribution in [0.25, 0.3) is 10.4 Å². The number of nitrogens with one attached hydrogen (secondary N) is 1. The molecule has 6 nitrogen and oxygen atoms in total. The predicted octanol–water partition coefficient (Wildman–Crippen LogP) is 2.74. The zero-order chi connectivity index (χ0) is 15.2. The van der Waals surface area contributed by atoms with Gasteiger partial charge in [-0.25, -0.2) is 0 Å². The number of amides is 1. The average molecular weight is 281 g/mol. The van der Waals surface area contributed by atoms with Crippen LogP contribution in [0.15, 0.2) is 5.11 Å². The Morgan fingerprint density at radius 3 is 2.70 bits per heavy atom. The molecule has 0 saturated heterocycles. The first-order chi connectivity index (χ1) is 9.32. The summed E-state index contributed by atoms with van der Waals surface area (Å²) >= 11 is 0. The Balaban J connectivity index is 2.71. The number of rotatable bonds is 5. The van der Waals surface area contributed by atoms with Crippen LogP contribution in [0.5, 0.6) is 0 Å². The van der Waals surface area contributed by atoms with E-state index in [9.17, 15) is 4.79 Å². The quantitative estimate of drug-likeness (QED) is 0.266. The van der Waals surface area contributed by atoms with Crippen molar-refractivity contribution in [1.82, 2.24) is 5.32 Å². The maximum atomic E-state index is 11.9. The summed E-state index contributed by atoms with van der Waals surface area (Å²) in [6, 6.07) is 0. The fraction of sp³-hybridized carbons (Fsp3) is 0.929. The van der Waals surface area contributed by atoms with Gasteiger partial charge in [0.05, 0.1) is 5.54 Å². The highest BCUT2D eigenvalue weighted by Crippen LogP contribution is 2.39. The van der Waals surface area contributed by atoms with E-state index in [-0.39, 0.29) is 11.3 Å². The fourth-order valence-electron chi connectivity index (χ4n) is 3.11. The van der Waals surface area contributed by atoms with Gasteiger partial charge in [0.15, 0.2) is 0 Å². The van der Waals surface area contributed by atoms with Crippen molar-refractivity contribution in [1.29, 1.82) is 0 Å². The van der Waals surface area contributed by atoms with Crippen LogP contribution in [0.4, 0.5) is 0 Å². The molecule has 0 aromatic rings. The maximum absolute atomic E-state index is 11.9. The Hall–Kier alpha value is -1.26. The van der Waals surface area contributed by atoms with Crippen LogP contribution in [0.3, 0.4) is 0 Å². The van der Waals surface area contributed by atoms with Gasteiger partial charge in [-0.1, -0.05) is 32.3 Å². The number of azide groups is 1. The van der Waals surface area contributed by atoms with E-state index < -0.39 is 5.54 Å². The molecule has 2 unspecified atom stereocenters. The average Bonchev–Trinajstić information content (AvgIpc) is 2.57. The van der Waals surface area contributed by atoms with Crippen molar-refractivity contribution >= 4 is 5.91 Å². The monoisotopic (exact) mass is 281 g/mol. The van der Waals surface area contributed by atoms with Crippen LogP contribution >= 0.6 is 0 Å². The summed E-state index contributed by atoms with van der Waals surface area (Å²) in [4.78, 5) is 14.6. The minimum Gasteiger partial charge on any atom is -0.368 e. The number of nitrogens with zero attached hydrogens (tertiary/aromatic N) is 3. The van der Waals surface area contributed by atoms with E-state index in [0.29, 0.717) is 19.0 Å². The molecule has 6 heteroatoms. The number of carbonyl (C=O) groups excluding carboxylic acids is 1. The Bertz CT molecular complexity index is 384. The van der Waals surface area contributed by atoms with Crippen molar-refractivity contribution in [3.8, 4) is 0 Å². The molecule has 0 aromatic heterocycles. The fourth-order valence-corrected chi connectivity index (χ4v) is 3.11. The lowest BCUT2D eigenvalue weighted by atomic mass is 9.76. The first kappa shape index (κ1) is 16.8. The first-order valence-electron chi connectivity index (χ1n) is 7.37. The second-order valence-electron chi connectivity index (χ2n) is 6.82. The number of hydrogen-bond acceptors (Lipinski definition) is 3. The predicted molar refractivity (Wildman–Crippen MR) is 80.0 cm³/mol. The third kappa shape index (κ3) is 4.39. The molecule has 20 heavy (non-hydrogen) atoms. The van der Waals surface area contributed by atoms with E-state index >= 15 is 0 Å². The molecular formula is C14H27N5O. The summed E-state index contributed by atoms with van der Waals surface area (Å²) in [6.07, 6.45) is 4.67. The first-order valence-corrected chi connectivity index (χ1v) is 7.37. The molecule has 1 aliphatic carbocycles. The van der Waals surface area contributed by atoms with E-state index in [2.05, 4.69) is 36.1 Å². The van der Waals surface area contributed by atoms with Gasteiger partial charge in [-0.15, -0.1) is 0 Å². The van der Waals surface area contributed by atoms with Gasteiger partial charge in [-0.3, -0.25) is 4.79 Å². The molecule has 0 spiro atoms. The van der Waals surface area contributed by atoms with Crippen LogP contribution in [0.2, 0.25) is 0 Å². The van der Waals surface area contributed by atoms with Crippen molar-refractivity contribution < 1.29 is 4.79 Å². The van der Waals surface area contributed by atoms with E-state index in [1.165, 1.54) is 0 Å². The zero-order valence-corrected chi connectivity index (χ0v) is 12.9. The van der Waals surface area contributed by atoms with Crippen molar-refractivity contribution in [3.05, 3.63) is 10.4 Å². The normalized spacial score (nSPS) is 27.4. The molecule has 1 amide bonds. The molecule has 0 aromatic carbocycles. The minimum absolute atomic E-state index is 0.263. The zero-order valence-electron chi connectivity index (χ0n) is 12.9. The summed E-state index contributed by atoms with van der Waals surface area (Å²) in [5.74, 6) is 0.329. The van der Waals surface area contributed by atoms with Crippen LogP contribution in [0.1, 0.15) is 52.9 Å². The van der Waals surface area contributed by atoms with Crippen molar-refractivity contribution in [3.63, 3.8) is 0 Å². The number of hydrogen-bond donors (Lipinski definition) is 2. The van der Waals surface area contributed by atoms with Crippen molar-refractivity contribution in [2.75, 3.05) is 13.1 Å².